The quantitative estimate of drug-likeness (QED) is 0.793. The highest BCUT2D eigenvalue weighted by Gasteiger charge is 2.39. The summed E-state index contributed by atoms with van der Waals surface area (Å²) in [7, 11) is 0. The molecule has 1 unspecified atom stereocenters. The van der Waals surface area contributed by atoms with Gasteiger partial charge in [0.15, 0.2) is 0 Å². The fourth-order valence-electron chi connectivity index (χ4n) is 3.00. The van der Waals surface area contributed by atoms with Gasteiger partial charge < -0.3 is 15.2 Å². The maximum atomic E-state index is 13.7. The maximum Gasteiger partial charge on any atom is 0.145 e. The van der Waals surface area contributed by atoms with E-state index in [4.69, 9.17) is 15.2 Å². The van der Waals surface area contributed by atoms with Crippen molar-refractivity contribution < 1.29 is 13.9 Å². The molecule has 3 rings (SSSR count). The molecule has 0 aromatic heterocycles. The first-order chi connectivity index (χ1) is 10.1. The summed E-state index contributed by atoms with van der Waals surface area (Å²) >= 11 is 5.11. The zero-order valence-electron chi connectivity index (χ0n) is 11.7. The van der Waals surface area contributed by atoms with E-state index < -0.39 is 0 Å². The zero-order valence-corrected chi connectivity index (χ0v) is 14.1. The van der Waals surface area contributed by atoms with Gasteiger partial charge in [-0.25, -0.2) is 4.39 Å². The Morgan fingerprint density at radius 2 is 2.14 bits per heavy atom. The summed E-state index contributed by atoms with van der Waals surface area (Å²) in [6.45, 7) is 0.703. The van der Waals surface area contributed by atoms with E-state index in [9.17, 15) is 4.39 Å². The number of hydrogen-bond donors (Lipinski definition) is 1. The van der Waals surface area contributed by atoms with E-state index in [2.05, 4.69) is 15.9 Å². The van der Waals surface area contributed by atoms with Crippen molar-refractivity contribution in [3.63, 3.8) is 0 Å². The lowest BCUT2D eigenvalue weighted by molar-refractivity contribution is -0.116. The maximum absolute atomic E-state index is 13.7. The molecule has 6 heteroatoms. The Morgan fingerprint density at radius 3 is 2.90 bits per heavy atom. The van der Waals surface area contributed by atoms with E-state index in [0.717, 1.165) is 37.2 Å². The summed E-state index contributed by atoms with van der Waals surface area (Å²) in [5.74, 6) is 2.36. The van der Waals surface area contributed by atoms with Crippen molar-refractivity contribution in [3.8, 4) is 5.75 Å². The molecule has 2 fully saturated rings. The van der Waals surface area contributed by atoms with Crippen LogP contribution in [0.5, 0.6) is 5.75 Å². The minimum atomic E-state index is -0.352. The molecule has 0 bridgehead atoms. The fourth-order valence-corrected chi connectivity index (χ4v) is 4.60. The summed E-state index contributed by atoms with van der Waals surface area (Å²) in [6, 6.07) is 2.91. The third-order valence-electron chi connectivity index (χ3n) is 4.20. The Labute approximate surface area is 136 Å². The van der Waals surface area contributed by atoms with Gasteiger partial charge in [0.1, 0.15) is 17.7 Å². The number of nitrogens with two attached hydrogens (primary N) is 1. The molecule has 1 spiro atoms. The van der Waals surface area contributed by atoms with E-state index in [-0.39, 0.29) is 17.5 Å². The SMILES string of the molecule is Nc1cc(Br)c(F)cc1OC1CCOC2(CCSCC2)C1. The molecule has 2 N–H and O–H groups in total. The Hall–Kier alpha value is -0.460. The summed E-state index contributed by atoms with van der Waals surface area (Å²) in [6.07, 6.45) is 3.88. The van der Waals surface area contributed by atoms with Crippen LogP contribution in [0.4, 0.5) is 10.1 Å². The van der Waals surface area contributed by atoms with Crippen molar-refractivity contribution in [2.24, 2.45) is 0 Å². The molecule has 116 valence electrons. The molecule has 0 saturated carbocycles. The molecule has 0 amide bonds. The standard InChI is InChI=1S/C15H19BrFNO2S/c16-11-7-13(18)14(8-12(11)17)20-10-1-4-19-15(9-10)2-5-21-6-3-15/h7-8,10H,1-6,9,18H2. The Morgan fingerprint density at radius 1 is 1.38 bits per heavy atom. The second kappa shape index (κ2) is 6.34. The molecule has 3 nitrogen and oxygen atoms in total. The zero-order chi connectivity index (χ0) is 14.9. The average molecular weight is 376 g/mol. The largest absolute Gasteiger partial charge is 0.488 e. The molecule has 2 heterocycles. The normalized spacial score (nSPS) is 25.0. The van der Waals surface area contributed by atoms with Gasteiger partial charge in [-0.3, -0.25) is 0 Å². The second-order valence-corrected chi connectivity index (χ2v) is 7.76. The van der Waals surface area contributed by atoms with E-state index in [1.165, 1.54) is 6.07 Å². The van der Waals surface area contributed by atoms with Crippen LogP contribution in [0.25, 0.3) is 0 Å². The van der Waals surface area contributed by atoms with Crippen LogP contribution in [0.15, 0.2) is 16.6 Å². The predicted octanol–water partition coefficient (Wildman–Crippen LogP) is 3.99. The highest BCUT2D eigenvalue weighted by molar-refractivity contribution is 9.10. The molecule has 0 radical (unpaired) electrons. The number of halogens is 2. The molecule has 21 heavy (non-hydrogen) atoms. The van der Waals surface area contributed by atoms with Gasteiger partial charge in [0.05, 0.1) is 22.4 Å². The predicted molar refractivity (Wildman–Crippen MR) is 87.4 cm³/mol. The van der Waals surface area contributed by atoms with Crippen molar-refractivity contribution in [3.05, 3.63) is 22.4 Å². The summed E-state index contributed by atoms with van der Waals surface area (Å²) in [5, 5.41) is 0. The van der Waals surface area contributed by atoms with Crippen LogP contribution in [0, 0.1) is 5.82 Å². The van der Waals surface area contributed by atoms with E-state index >= 15 is 0 Å². The Balaban J connectivity index is 1.71. The van der Waals surface area contributed by atoms with Gasteiger partial charge in [-0.05, 0) is 46.3 Å². The molecule has 1 aromatic carbocycles. The van der Waals surface area contributed by atoms with E-state index in [0.29, 0.717) is 22.5 Å². The van der Waals surface area contributed by atoms with Crippen LogP contribution in [0.3, 0.4) is 0 Å². The lowest BCUT2D eigenvalue weighted by Crippen LogP contribution is -2.46. The highest BCUT2D eigenvalue weighted by Crippen LogP contribution is 2.39. The van der Waals surface area contributed by atoms with Crippen LogP contribution in [0.2, 0.25) is 0 Å². The van der Waals surface area contributed by atoms with Gasteiger partial charge in [0.2, 0.25) is 0 Å². The topological polar surface area (TPSA) is 44.5 Å². The van der Waals surface area contributed by atoms with Crippen LogP contribution in [0.1, 0.15) is 25.7 Å². The van der Waals surface area contributed by atoms with Crippen LogP contribution in [-0.2, 0) is 4.74 Å². The van der Waals surface area contributed by atoms with Gasteiger partial charge in [-0.15, -0.1) is 0 Å². The minimum Gasteiger partial charge on any atom is -0.488 e. The molecular formula is C15H19BrFNO2S. The minimum absolute atomic E-state index is 0.0448. The fraction of sp³-hybridized carbons (Fsp3) is 0.600. The van der Waals surface area contributed by atoms with E-state index in [1.54, 1.807) is 6.07 Å². The van der Waals surface area contributed by atoms with Gasteiger partial charge >= 0.3 is 0 Å². The molecule has 2 aliphatic heterocycles. The summed E-state index contributed by atoms with van der Waals surface area (Å²) in [5.41, 5.74) is 6.34. The van der Waals surface area contributed by atoms with Gasteiger partial charge in [-0.2, -0.15) is 11.8 Å². The number of nitrogen functional groups attached to an aromatic ring is 1. The lowest BCUT2D eigenvalue weighted by Gasteiger charge is -2.43. The number of hydrogen-bond acceptors (Lipinski definition) is 4. The number of thioether (sulfide) groups is 1. The first-order valence-electron chi connectivity index (χ1n) is 7.21. The molecule has 1 aromatic rings. The molecule has 2 saturated heterocycles. The molecule has 2 aliphatic rings. The second-order valence-electron chi connectivity index (χ2n) is 5.68. The molecule has 1 atom stereocenters. The van der Waals surface area contributed by atoms with Crippen LogP contribution < -0.4 is 10.5 Å². The van der Waals surface area contributed by atoms with Crippen LogP contribution >= 0.6 is 27.7 Å². The van der Waals surface area contributed by atoms with Gasteiger partial charge in [0, 0.05) is 18.9 Å². The smallest absolute Gasteiger partial charge is 0.145 e. The Kier molecular flexibility index (Phi) is 4.66. The lowest BCUT2D eigenvalue weighted by atomic mass is 9.86. The van der Waals surface area contributed by atoms with Gasteiger partial charge in [0.25, 0.3) is 0 Å². The van der Waals surface area contributed by atoms with Crippen molar-refractivity contribution in [1.29, 1.82) is 0 Å². The number of benzene rings is 1. The third-order valence-corrected chi connectivity index (χ3v) is 5.79. The number of ether oxygens (including phenoxy) is 2. The molecule has 0 aliphatic carbocycles. The molecular weight excluding hydrogens is 357 g/mol. The monoisotopic (exact) mass is 375 g/mol. The van der Waals surface area contributed by atoms with Gasteiger partial charge in [-0.1, -0.05) is 0 Å². The van der Waals surface area contributed by atoms with Crippen molar-refractivity contribution in [2.75, 3.05) is 23.8 Å². The van der Waals surface area contributed by atoms with Crippen molar-refractivity contribution in [1.82, 2.24) is 0 Å². The van der Waals surface area contributed by atoms with Crippen LogP contribution in [-0.4, -0.2) is 29.8 Å². The highest BCUT2D eigenvalue weighted by atomic mass is 79.9. The van der Waals surface area contributed by atoms with Crippen molar-refractivity contribution in [2.45, 2.75) is 37.4 Å². The Bertz CT molecular complexity index is 517. The number of anilines is 1. The first kappa shape index (κ1) is 15.4. The van der Waals surface area contributed by atoms with E-state index in [1.807, 2.05) is 11.8 Å². The average Bonchev–Trinajstić information content (AvgIpc) is 2.46. The third kappa shape index (κ3) is 3.48. The number of rotatable bonds is 2. The first-order valence-corrected chi connectivity index (χ1v) is 9.16. The summed E-state index contributed by atoms with van der Waals surface area (Å²) in [4.78, 5) is 0. The summed E-state index contributed by atoms with van der Waals surface area (Å²) < 4.78 is 26.0. The van der Waals surface area contributed by atoms with Crippen molar-refractivity contribution >= 4 is 33.4 Å².